The van der Waals surface area contributed by atoms with E-state index in [1.54, 1.807) is 0 Å². The molecule has 0 unspecified atom stereocenters. The van der Waals surface area contributed by atoms with Crippen molar-refractivity contribution >= 4 is 17.5 Å². The van der Waals surface area contributed by atoms with E-state index >= 15 is 0 Å². The van der Waals surface area contributed by atoms with E-state index in [1.807, 2.05) is 0 Å². The second-order valence-electron chi connectivity index (χ2n) is 4.28. The van der Waals surface area contributed by atoms with Crippen LogP contribution in [0.2, 0.25) is 0 Å². The van der Waals surface area contributed by atoms with Crippen LogP contribution >= 0.6 is 0 Å². The minimum Gasteiger partial charge on any atom is -0.395 e. The molecule has 0 saturated heterocycles. The van der Waals surface area contributed by atoms with Gasteiger partial charge in [-0.1, -0.05) is 0 Å². The molecule has 1 aliphatic heterocycles. The molecule has 8 heteroatoms. The van der Waals surface area contributed by atoms with E-state index in [0.29, 0.717) is 0 Å². The lowest BCUT2D eigenvalue weighted by molar-refractivity contribution is -0.138. The highest BCUT2D eigenvalue weighted by Crippen LogP contribution is 2.30. The van der Waals surface area contributed by atoms with E-state index in [9.17, 15) is 22.8 Å². The zero-order valence-corrected chi connectivity index (χ0v) is 10.6. The maximum absolute atomic E-state index is 12.4. The third-order valence-corrected chi connectivity index (χ3v) is 2.82. The Bertz CT molecular complexity index is 594. The second kappa shape index (κ2) is 5.57. The van der Waals surface area contributed by atoms with Crippen LogP contribution < -0.4 is 5.32 Å². The third-order valence-electron chi connectivity index (χ3n) is 2.82. The van der Waals surface area contributed by atoms with E-state index in [1.165, 1.54) is 0 Å². The average Bonchev–Trinajstić information content (AvgIpc) is 2.66. The van der Waals surface area contributed by atoms with E-state index in [-0.39, 0.29) is 24.5 Å². The first-order valence-corrected chi connectivity index (χ1v) is 5.95. The number of imide groups is 1. The van der Waals surface area contributed by atoms with Gasteiger partial charge in [-0.2, -0.15) is 13.2 Å². The minimum atomic E-state index is -4.44. The molecule has 1 aromatic rings. The maximum atomic E-state index is 12.4. The Balaban J connectivity index is 2.11. The van der Waals surface area contributed by atoms with Crippen LogP contribution in [0.15, 0.2) is 36.0 Å². The van der Waals surface area contributed by atoms with Crippen LogP contribution in [0.5, 0.6) is 0 Å². The van der Waals surface area contributed by atoms with Crippen molar-refractivity contribution in [1.82, 2.24) is 4.90 Å². The Labute approximate surface area is 117 Å². The zero-order chi connectivity index (χ0) is 15.6. The van der Waals surface area contributed by atoms with Gasteiger partial charge >= 0.3 is 6.18 Å². The molecule has 1 aliphatic rings. The Morgan fingerprint density at radius 1 is 1.14 bits per heavy atom. The molecule has 0 aromatic heterocycles. The van der Waals surface area contributed by atoms with Gasteiger partial charge in [0.15, 0.2) is 0 Å². The number of carbonyl (C=O) groups is 2. The number of β-amino-alcohol motifs (C(OH)–C–C–N with tert-alkyl or cyclic N) is 1. The molecule has 5 nitrogen and oxygen atoms in total. The van der Waals surface area contributed by atoms with Gasteiger partial charge in [0.25, 0.3) is 11.8 Å². The molecule has 1 aromatic carbocycles. The summed E-state index contributed by atoms with van der Waals surface area (Å²) in [6, 6.07) is 4.07. The molecule has 2 rings (SSSR count). The van der Waals surface area contributed by atoms with Crippen LogP contribution in [0.4, 0.5) is 18.9 Å². The highest BCUT2D eigenvalue weighted by Gasteiger charge is 2.32. The summed E-state index contributed by atoms with van der Waals surface area (Å²) in [6.45, 7) is -0.495. The molecule has 0 saturated carbocycles. The van der Waals surface area contributed by atoms with Gasteiger partial charge in [0, 0.05) is 11.8 Å². The zero-order valence-electron chi connectivity index (χ0n) is 10.6. The van der Waals surface area contributed by atoms with E-state index < -0.39 is 23.6 Å². The monoisotopic (exact) mass is 300 g/mol. The highest BCUT2D eigenvalue weighted by molar-refractivity contribution is 6.17. The number of nitrogens with zero attached hydrogens (tertiary/aromatic N) is 1. The molecule has 2 amide bonds. The number of benzene rings is 1. The lowest BCUT2D eigenvalue weighted by atomic mass is 10.2. The summed E-state index contributed by atoms with van der Waals surface area (Å²) in [4.78, 5) is 24.1. The molecular formula is C13H11F3N2O3. The van der Waals surface area contributed by atoms with Crippen LogP contribution in [-0.2, 0) is 15.8 Å². The first-order chi connectivity index (χ1) is 9.82. The number of alkyl halides is 3. The highest BCUT2D eigenvalue weighted by atomic mass is 19.4. The summed E-state index contributed by atoms with van der Waals surface area (Å²) >= 11 is 0. The largest absolute Gasteiger partial charge is 0.416 e. The van der Waals surface area contributed by atoms with Crippen molar-refractivity contribution in [2.24, 2.45) is 0 Å². The van der Waals surface area contributed by atoms with Crippen LogP contribution in [0.25, 0.3) is 0 Å². The molecule has 112 valence electrons. The fourth-order valence-electron chi connectivity index (χ4n) is 1.81. The number of aliphatic hydroxyl groups is 1. The fraction of sp³-hybridized carbons (Fsp3) is 0.231. The standard InChI is InChI=1S/C13H11F3N2O3/c14-13(15,16)8-1-3-9(4-2-8)17-10-7-11(20)18(5-6-19)12(10)21/h1-4,7,17,19H,5-6H2. The van der Waals surface area contributed by atoms with Gasteiger partial charge in [0.2, 0.25) is 0 Å². The van der Waals surface area contributed by atoms with Gasteiger partial charge in [-0.25, -0.2) is 0 Å². The summed E-state index contributed by atoms with van der Waals surface area (Å²) in [5.41, 5.74) is -0.604. The summed E-state index contributed by atoms with van der Waals surface area (Å²) in [6.07, 6.45) is -3.40. The molecule has 0 atom stereocenters. The van der Waals surface area contributed by atoms with Crippen molar-refractivity contribution in [3.05, 3.63) is 41.6 Å². The molecule has 0 fully saturated rings. The van der Waals surface area contributed by atoms with Gasteiger partial charge in [0.1, 0.15) is 5.70 Å². The smallest absolute Gasteiger partial charge is 0.395 e. The van der Waals surface area contributed by atoms with Gasteiger partial charge < -0.3 is 10.4 Å². The normalized spacial score (nSPS) is 15.4. The number of amides is 2. The SMILES string of the molecule is O=C1C=C(Nc2ccc(C(F)(F)F)cc2)C(=O)N1CCO. The van der Waals surface area contributed by atoms with Crippen molar-refractivity contribution < 1.29 is 27.9 Å². The predicted molar refractivity (Wildman–Crippen MR) is 67.0 cm³/mol. The number of rotatable bonds is 4. The van der Waals surface area contributed by atoms with Crippen LogP contribution in [0, 0.1) is 0 Å². The summed E-state index contributed by atoms with van der Waals surface area (Å²) in [5, 5.41) is 11.3. The molecule has 21 heavy (non-hydrogen) atoms. The predicted octanol–water partition coefficient (Wildman–Crippen LogP) is 1.36. The molecule has 2 N–H and O–H groups in total. The maximum Gasteiger partial charge on any atom is 0.416 e. The van der Waals surface area contributed by atoms with E-state index in [2.05, 4.69) is 5.32 Å². The van der Waals surface area contributed by atoms with Gasteiger partial charge in [0.05, 0.1) is 18.7 Å². The average molecular weight is 300 g/mol. The molecular weight excluding hydrogens is 289 g/mol. The van der Waals surface area contributed by atoms with Crippen molar-refractivity contribution in [2.75, 3.05) is 18.5 Å². The number of nitrogens with one attached hydrogen (secondary N) is 1. The summed E-state index contributed by atoms with van der Waals surface area (Å²) in [7, 11) is 0. The molecule has 1 heterocycles. The summed E-state index contributed by atoms with van der Waals surface area (Å²) < 4.78 is 37.2. The van der Waals surface area contributed by atoms with Crippen molar-refractivity contribution in [3.63, 3.8) is 0 Å². The number of aliphatic hydroxyl groups excluding tert-OH is 1. The Hall–Kier alpha value is -2.35. The first-order valence-electron chi connectivity index (χ1n) is 5.95. The van der Waals surface area contributed by atoms with Crippen molar-refractivity contribution in [2.45, 2.75) is 6.18 Å². The van der Waals surface area contributed by atoms with Gasteiger partial charge in [-0.15, -0.1) is 0 Å². The van der Waals surface area contributed by atoms with Crippen LogP contribution in [-0.4, -0.2) is 35.0 Å². The van der Waals surface area contributed by atoms with E-state index in [4.69, 9.17) is 5.11 Å². The van der Waals surface area contributed by atoms with Gasteiger partial charge in [-0.3, -0.25) is 14.5 Å². The van der Waals surface area contributed by atoms with Crippen molar-refractivity contribution in [3.8, 4) is 0 Å². The number of hydrogen-bond acceptors (Lipinski definition) is 4. The topological polar surface area (TPSA) is 69.6 Å². The molecule has 0 spiro atoms. The lowest BCUT2D eigenvalue weighted by Gasteiger charge is -2.13. The second-order valence-corrected chi connectivity index (χ2v) is 4.28. The van der Waals surface area contributed by atoms with Crippen LogP contribution in [0.1, 0.15) is 5.56 Å². The number of hydrogen-bond donors (Lipinski definition) is 2. The third kappa shape index (κ3) is 3.22. The Morgan fingerprint density at radius 2 is 1.76 bits per heavy atom. The van der Waals surface area contributed by atoms with Gasteiger partial charge in [-0.05, 0) is 24.3 Å². The van der Waals surface area contributed by atoms with E-state index in [0.717, 1.165) is 35.2 Å². The number of anilines is 1. The quantitative estimate of drug-likeness (QED) is 0.824. The lowest BCUT2D eigenvalue weighted by Crippen LogP contribution is -2.34. The fourth-order valence-corrected chi connectivity index (χ4v) is 1.81. The molecule has 0 aliphatic carbocycles. The minimum absolute atomic E-state index is 0.0480. The van der Waals surface area contributed by atoms with Crippen molar-refractivity contribution in [1.29, 1.82) is 0 Å². The molecule has 0 bridgehead atoms. The Morgan fingerprint density at radius 3 is 2.29 bits per heavy atom. The first kappa shape index (κ1) is 15.0. The number of carbonyl (C=O) groups excluding carboxylic acids is 2. The van der Waals surface area contributed by atoms with Crippen LogP contribution in [0.3, 0.4) is 0 Å². The summed E-state index contributed by atoms with van der Waals surface area (Å²) in [5.74, 6) is -1.21. The molecule has 0 radical (unpaired) electrons. The number of halogens is 3. The Kier molecular flexibility index (Phi) is 3.99.